The van der Waals surface area contributed by atoms with E-state index in [0.717, 1.165) is 45.5 Å². The number of thioether (sulfide) groups is 1. The van der Waals surface area contributed by atoms with E-state index >= 15 is 0 Å². The van der Waals surface area contributed by atoms with Gasteiger partial charge in [-0.1, -0.05) is 24.8 Å². The van der Waals surface area contributed by atoms with Gasteiger partial charge in [-0.15, -0.1) is 17.5 Å². The molecule has 0 amide bonds. The van der Waals surface area contributed by atoms with E-state index in [0.29, 0.717) is 24.0 Å². The van der Waals surface area contributed by atoms with Crippen molar-refractivity contribution in [1.82, 2.24) is 5.32 Å². The number of halogens is 1. The second-order valence-corrected chi connectivity index (χ2v) is 11.8. The first kappa shape index (κ1) is 26.2. The van der Waals surface area contributed by atoms with E-state index in [2.05, 4.69) is 79.0 Å². The van der Waals surface area contributed by atoms with Crippen LogP contribution in [0.3, 0.4) is 0 Å². The third kappa shape index (κ3) is 5.27. The molecule has 3 aliphatic rings. The Morgan fingerprint density at radius 3 is 2.68 bits per heavy atom. The van der Waals surface area contributed by atoms with Crippen LogP contribution in [0.5, 0.6) is 0 Å². The minimum Gasteiger partial charge on any atom is -0.383 e. The van der Waals surface area contributed by atoms with Crippen LogP contribution in [0.4, 0.5) is 10.1 Å². The van der Waals surface area contributed by atoms with Crippen molar-refractivity contribution in [3.05, 3.63) is 77.2 Å². The number of hydrogen-bond donors (Lipinski definition) is 3. The molecule has 5 nitrogen and oxygen atoms in total. The van der Waals surface area contributed by atoms with Crippen LogP contribution in [0.2, 0.25) is 0 Å². The summed E-state index contributed by atoms with van der Waals surface area (Å²) in [5.41, 5.74) is 10.6. The molecule has 38 heavy (non-hydrogen) atoms. The molecule has 5 rings (SSSR count). The van der Waals surface area contributed by atoms with Crippen molar-refractivity contribution in [2.75, 3.05) is 5.32 Å². The zero-order valence-electron chi connectivity index (χ0n) is 22.3. The van der Waals surface area contributed by atoms with Gasteiger partial charge in [0, 0.05) is 46.2 Å². The highest BCUT2D eigenvalue weighted by molar-refractivity contribution is 8.00. The topological polar surface area (TPSA) is 72.6 Å². The Balaban J connectivity index is 1.53. The largest absolute Gasteiger partial charge is 0.383 e. The fourth-order valence-electron chi connectivity index (χ4n) is 5.38. The summed E-state index contributed by atoms with van der Waals surface area (Å²) in [5.74, 6) is 0.681. The lowest BCUT2D eigenvalue weighted by Crippen LogP contribution is -2.40. The predicted molar refractivity (Wildman–Crippen MR) is 161 cm³/mol. The number of nitrogens with zero attached hydrogens (tertiary/aromatic N) is 2. The van der Waals surface area contributed by atoms with Gasteiger partial charge < -0.3 is 16.0 Å². The molecular formula is C31H34FN5S. The maximum absolute atomic E-state index is 14.0. The van der Waals surface area contributed by atoms with Gasteiger partial charge in [0.1, 0.15) is 17.4 Å². The summed E-state index contributed by atoms with van der Waals surface area (Å²) in [6.07, 6.45) is 5.09. The zero-order valence-corrected chi connectivity index (χ0v) is 23.1. The van der Waals surface area contributed by atoms with Crippen molar-refractivity contribution in [2.45, 2.75) is 69.4 Å². The number of hydrogen-bond acceptors (Lipinski definition) is 6. The van der Waals surface area contributed by atoms with Gasteiger partial charge in [0.05, 0.1) is 11.6 Å². The normalized spacial score (nSPS) is 23.8. The average molecular weight is 528 g/mol. The Bertz CT molecular complexity index is 1420. The number of anilines is 1. The summed E-state index contributed by atoms with van der Waals surface area (Å²) in [4.78, 5) is 9.52. The van der Waals surface area contributed by atoms with Crippen molar-refractivity contribution in [2.24, 2.45) is 9.98 Å². The van der Waals surface area contributed by atoms with E-state index in [1.807, 2.05) is 18.5 Å². The highest BCUT2D eigenvalue weighted by atomic mass is 32.2. The monoisotopic (exact) mass is 527 g/mol. The maximum atomic E-state index is 14.0. The lowest BCUT2D eigenvalue weighted by Gasteiger charge is -2.24. The van der Waals surface area contributed by atoms with Crippen molar-refractivity contribution < 1.29 is 4.39 Å². The summed E-state index contributed by atoms with van der Waals surface area (Å²) in [7, 11) is 0. The van der Waals surface area contributed by atoms with Crippen LogP contribution >= 0.6 is 11.8 Å². The number of rotatable bonds is 7. The maximum Gasteiger partial charge on any atom is 0.146 e. The molecule has 7 heteroatoms. The Morgan fingerprint density at radius 1 is 1.18 bits per heavy atom. The molecule has 0 radical (unpaired) electrons. The second kappa shape index (κ2) is 10.8. The second-order valence-electron chi connectivity index (χ2n) is 10.5. The minimum atomic E-state index is -0.828. The summed E-state index contributed by atoms with van der Waals surface area (Å²) >= 11 is 1.37. The summed E-state index contributed by atoms with van der Waals surface area (Å²) in [6, 6.07) is 12.7. The van der Waals surface area contributed by atoms with E-state index in [1.54, 1.807) is 6.92 Å². The molecular weight excluding hydrogens is 493 g/mol. The van der Waals surface area contributed by atoms with E-state index in [1.165, 1.54) is 17.3 Å². The third-order valence-electron chi connectivity index (χ3n) is 7.04. The Hall–Kier alpha value is -3.41. The van der Waals surface area contributed by atoms with Crippen LogP contribution < -0.4 is 10.6 Å². The van der Waals surface area contributed by atoms with Gasteiger partial charge in [-0.25, -0.2) is 4.39 Å². The Labute approximate surface area is 228 Å². The molecule has 3 N–H and O–H groups in total. The molecule has 0 bridgehead atoms. The summed E-state index contributed by atoms with van der Waals surface area (Å²) < 4.78 is 14.0. The lowest BCUT2D eigenvalue weighted by molar-refractivity contribution is 0.439. The Kier molecular flexibility index (Phi) is 7.42. The first-order valence-corrected chi connectivity index (χ1v) is 14.0. The number of nitrogens with one attached hydrogen (secondary N) is 3. The van der Waals surface area contributed by atoms with Gasteiger partial charge in [0.25, 0.3) is 0 Å². The van der Waals surface area contributed by atoms with Crippen LogP contribution in [-0.4, -0.2) is 46.6 Å². The molecule has 0 aromatic heterocycles. The highest BCUT2D eigenvalue weighted by Gasteiger charge is 2.39. The lowest BCUT2D eigenvalue weighted by atomic mass is 9.91. The summed E-state index contributed by atoms with van der Waals surface area (Å²) in [5, 5.41) is 15.6. The standard InChI is InChI=1S/C31H34FN5S/c1-6-23(31-36-27-16-34-15-26(30(27)37-31)28-9-10-29(32)38-28)25-14-20(7-8-24(25)19(5)33)21-11-18(4)12-22(13-21)35-17(2)3/h7-8,11-17,27-30,33,35H,1,9-10H2,2-5H3,(H,36,37). The number of alkyl halides is 1. The van der Waals surface area contributed by atoms with Gasteiger partial charge in [0.15, 0.2) is 0 Å². The molecule has 4 atom stereocenters. The van der Waals surface area contributed by atoms with Gasteiger partial charge in [0.2, 0.25) is 0 Å². The molecule has 0 spiro atoms. The van der Waals surface area contributed by atoms with Crippen LogP contribution in [0, 0.1) is 12.3 Å². The molecule has 4 unspecified atom stereocenters. The molecule has 3 aliphatic heterocycles. The molecule has 2 aromatic carbocycles. The molecule has 196 valence electrons. The first-order valence-electron chi connectivity index (χ1n) is 13.1. The summed E-state index contributed by atoms with van der Waals surface area (Å²) in [6.45, 7) is 12.1. The predicted octanol–water partition coefficient (Wildman–Crippen LogP) is 6.94. The van der Waals surface area contributed by atoms with Crippen molar-refractivity contribution in [3.8, 4) is 11.1 Å². The molecule has 2 aromatic rings. The zero-order chi connectivity index (χ0) is 27.0. The first-order chi connectivity index (χ1) is 18.2. The van der Waals surface area contributed by atoms with E-state index in [-0.39, 0.29) is 17.3 Å². The van der Waals surface area contributed by atoms with Crippen molar-refractivity contribution in [3.63, 3.8) is 0 Å². The Morgan fingerprint density at radius 2 is 2.00 bits per heavy atom. The molecule has 0 aliphatic carbocycles. The quantitative estimate of drug-likeness (QED) is 0.270. The number of aliphatic imine (C=N–C) groups is 2. The van der Waals surface area contributed by atoms with E-state index in [9.17, 15) is 4.39 Å². The van der Waals surface area contributed by atoms with Gasteiger partial charge in [-0.2, -0.15) is 0 Å². The average Bonchev–Trinajstić information content (AvgIpc) is 3.49. The van der Waals surface area contributed by atoms with Crippen molar-refractivity contribution in [1.29, 1.82) is 5.41 Å². The van der Waals surface area contributed by atoms with Gasteiger partial charge in [-0.3, -0.25) is 9.98 Å². The minimum absolute atomic E-state index is 0.0914. The molecule has 3 heterocycles. The number of benzene rings is 2. The number of amidine groups is 1. The van der Waals surface area contributed by atoms with E-state index < -0.39 is 5.50 Å². The fraction of sp³-hybridized carbons (Fsp3) is 0.355. The number of fused-ring (bicyclic) bond motifs is 1. The number of aryl methyl sites for hydroxylation is 1. The fourth-order valence-corrected chi connectivity index (χ4v) is 6.63. The van der Waals surface area contributed by atoms with Crippen LogP contribution in [0.15, 0.2) is 70.5 Å². The smallest absolute Gasteiger partial charge is 0.146 e. The highest BCUT2D eigenvalue weighted by Crippen LogP contribution is 2.42. The third-order valence-corrected chi connectivity index (χ3v) is 8.40. The molecule has 1 fully saturated rings. The van der Waals surface area contributed by atoms with Crippen molar-refractivity contribution >= 4 is 40.8 Å². The van der Waals surface area contributed by atoms with Gasteiger partial charge in [-0.05, 0) is 81.0 Å². The van der Waals surface area contributed by atoms with E-state index in [4.69, 9.17) is 10.4 Å². The molecule has 0 saturated carbocycles. The molecule has 1 saturated heterocycles. The van der Waals surface area contributed by atoms with Gasteiger partial charge >= 0.3 is 0 Å². The van der Waals surface area contributed by atoms with Crippen LogP contribution in [0.1, 0.15) is 50.3 Å². The SMILES string of the molecule is C=C=C(C1=NC2C(C3CCC(F)S3)=CN=CC2N1)c1cc(-c2cc(C)cc(NC(C)C)c2)ccc1C(C)=N. The van der Waals surface area contributed by atoms with Crippen LogP contribution in [-0.2, 0) is 0 Å². The van der Waals surface area contributed by atoms with Crippen LogP contribution in [0.25, 0.3) is 16.7 Å².